The maximum absolute atomic E-state index is 13.9. The highest BCUT2D eigenvalue weighted by molar-refractivity contribution is 6.31. The van der Waals surface area contributed by atoms with Gasteiger partial charge >= 0.3 is 0 Å². The number of fused-ring (bicyclic) bond motifs is 1. The van der Waals surface area contributed by atoms with Crippen LogP contribution in [0.25, 0.3) is 0 Å². The molecule has 1 aromatic heterocycles. The first-order valence-electron chi connectivity index (χ1n) is 13.4. The molecule has 0 aliphatic carbocycles. The Bertz CT molecular complexity index is 1380. The largest absolute Gasteiger partial charge is 0.339 e. The molecule has 6 rings (SSSR count). The molecular formula is C29H30Cl2N6O2. The summed E-state index contributed by atoms with van der Waals surface area (Å²) < 4.78 is 0. The molecule has 10 heteroatoms. The molecule has 3 aromatic rings. The number of likely N-dealkylation sites (tertiary alicyclic amines) is 1. The van der Waals surface area contributed by atoms with Gasteiger partial charge in [0.15, 0.2) is 0 Å². The van der Waals surface area contributed by atoms with Crippen LogP contribution in [0.5, 0.6) is 0 Å². The molecule has 0 spiro atoms. The van der Waals surface area contributed by atoms with E-state index in [1.165, 1.54) is 0 Å². The molecule has 3 aliphatic heterocycles. The Hall–Kier alpha value is -3.20. The summed E-state index contributed by atoms with van der Waals surface area (Å²) in [5.74, 6) is 0.575. The lowest BCUT2D eigenvalue weighted by atomic mass is 9.80. The molecule has 3 aliphatic rings. The van der Waals surface area contributed by atoms with Crippen LogP contribution in [0.2, 0.25) is 10.0 Å². The van der Waals surface area contributed by atoms with E-state index in [0.29, 0.717) is 55.1 Å². The van der Waals surface area contributed by atoms with Crippen molar-refractivity contribution in [2.24, 2.45) is 5.92 Å². The molecule has 1 N–H and O–H groups in total. The molecule has 0 saturated carbocycles. The molecule has 0 bridgehead atoms. The molecule has 2 atom stereocenters. The zero-order valence-electron chi connectivity index (χ0n) is 21.5. The first-order valence-corrected chi connectivity index (χ1v) is 14.1. The topological polar surface area (TPSA) is 81.7 Å². The smallest absolute Gasteiger partial charge is 0.249 e. The third-order valence-electron chi connectivity index (χ3n) is 8.14. The average Bonchev–Trinajstić information content (AvgIpc) is 3.23. The number of nitrogens with zero attached hydrogens (tertiary/aromatic N) is 5. The first kappa shape index (κ1) is 26.0. The van der Waals surface area contributed by atoms with E-state index in [0.717, 1.165) is 36.2 Å². The second-order valence-electron chi connectivity index (χ2n) is 10.5. The number of carbonyl (C=O) groups is 2. The van der Waals surface area contributed by atoms with Gasteiger partial charge in [-0.15, -0.1) is 0 Å². The zero-order chi connectivity index (χ0) is 27.0. The first-order chi connectivity index (χ1) is 18.9. The Labute approximate surface area is 237 Å². The van der Waals surface area contributed by atoms with E-state index in [2.05, 4.69) is 25.1 Å². The number of rotatable bonds is 5. The number of hydrogen-bond acceptors (Lipinski definition) is 6. The van der Waals surface area contributed by atoms with Gasteiger partial charge in [0, 0.05) is 72.8 Å². The number of hydrogen-bond donors (Lipinski definition) is 1. The third kappa shape index (κ3) is 4.97. The summed E-state index contributed by atoms with van der Waals surface area (Å²) in [6, 6.07) is 15.0. The molecule has 2 unspecified atom stereocenters. The van der Waals surface area contributed by atoms with Gasteiger partial charge in [0.25, 0.3) is 0 Å². The molecule has 2 amide bonds. The van der Waals surface area contributed by atoms with Crippen molar-refractivity contribution in [2.75, 3.05) is 49.5 Å². The van der Waals surface area contributed by atoms with Crippen LogP contribution in [0.3, 0.4) is 0 Å². The van der Waals surface area contributed by atoms with Crippen molar-refractivity contribution in [1.29, 1.82) is 0 Å². The minimum Gasteiger partial charge on any atom is -0.339 e. The number of nitrogens with one attached hydrogen (secondary N) is 1. The van der Waals surface area contributed by atoms with Crippen molar-refractivity contribution in [2.45, 2.75) is 24.8 Å². The quantitative estimate of drug-likeness (QED) is 0.499. The van der Waals surface area contributed by atoms with Gasteiger partial charge in [-0.2, -0.15) is 0 Å². The summed E-state index contributed by atoms with van der Waals surface area (Å²) in [5, 5.41) is 4.28. The summed E-state index contributed by atoms with van der Waals surface area (Å²) in [7, 11) is 0. The Morgan fingerprint density at radius 2 is 1.74 bits per heavy atom. The Kier molecular flexibility index (Phi) is 7.18. The number of piperazine rings is 1. The van der Waals surface area contributed by atoms with Crippen LogP contribution < -0.4 is 10.2 Å². The van der Waals surface area contributed by atoms with E-state index in [1.807, 2.05) is 41.3 Å². The monoisotopic (exact) mass is 564 g/mol. The molecule has 2 saturated heterocycles. The highest BCUT2D eigenvalue weighted by Gasteiger charge is 2.52. The Morgan fingerprint density at radius 3 is 2.51 bits per heavy atom. The lowest BCUT2D eigenvalue weighted by Gasteiger charge is -2.45. The zero-order valence-corrected chi connectivity index (χ0v) is 23.0. The van der Waals surface area contributed by atoms with Crippen LogP contribution in [-0.4, -0.2) is 70.9 Å². The van der Waals surface area contributed by atoms with E-state index in [1.54, 1.807) is 24.5 Å². The van der Waals surface area contributed by atoms with Gasteiger partial charge in [-0.3, -0.25) is 14.5 Å². The maximum Gasteiger partial charge on any atom is 0.249 e. The lowest BCUT2D eigenvalue weighted by Crippen LogP contribution is -2.58. The van der Waals surface area contributed by atoms with Gasteiger partial charge in [0.1, 0.15) is 5.54 Å². The predicted molar refractivity (Wildman–Crippen MR) is 152 cm³/mol. The standard InChI is InChI=1S/C29H30Cl2N6O2/c30-22-6-1-4-20(16-22)18-29(24-8-7-23(31)17-25(24)34-27(29)39)37-11-2-5-21(19-37)26(38)35-12-14-36(15-13-35)28-32-9-3-10-33-28/h1,3-4,6-10,16-17,21H,2,5,11-15,18-19H2,(H,34,39). The second kappa shape index (κ2) is 10.8. The molecule has 202 valence electrons. The van der Waals surface area contributed by atoms with Gasteiger partial charge in [0.05, 0.1) is 5.92 Å². The predicted octanol–water partition coefficient (Wildman–Crippen LogP) is 4.23. The molecule has 4 heterocycles. The summed E-state index contributed by atoms with van der Waals surface area (Å²) in [6.07, 6.45) is 5.56. The number of amides is 2. The van der Waals surface area contributed by atoms with Gasteiger partial charge in [-0.1, -0.05) is 41.4 Å². The molecule has 0 radical (unpaired) electrons. The summed E-state index contributed by atoms with van der Waals surface area (Å²) in [4.78, 5) is 42.6. The summed E-state index contributed by atoms with van der Waals surface area (Å²) in [5.41, 5.74) is 1.63. The van der Waals surface area contributed by atoms with Gasteiger partial charge in [-0.25, -0.2) is 9.97 Å². The van der Waals surface area contributed by atoms with E-state index in [-0.39, 0.29) is 17.7 Å². The van der Waals surface area contributed by atoms with Crippen LogP contribution >= 0.6 is 23.2 Å². The van der Waals surface area contributed by atoms with Crippen LogP contribution in [0.15, 0.2) is 60.9 Å². The average molecular weight is 566 g/mol. The van der Waals surface area contributed by atoms with Crippen molar-refractivity contribution < 1.29 is 9.59 Å². The second-order valence-corrected chi connectivity index (χ2v) is 11.3. The number of aromatic nitrogens is 2. The third-order valence-corrected chi connectivity index (χ3v) is 8.61. The van der Waals surface area contributed by atoms with Crippen molar-refractivity contribution in [3.8, 4) is 0 Å². The van der Waals surface area contributed by atoms with Crippen LogP contribution in [-0.2, 0) is 21.5 Å². The Balaban J connectivity index is 1.24. The molecule has 2 fully saturated rings. The summed E-state index contributed by atoms with van der Waals surface area (Å²) >= 11 is 12.6. The van der Waals surface area contributed by atoms with Crippen molar-refractivity contribution in [3.05, 3.63) is 82.1 Å². The molecule has 8 nitrogen and oxygen atoms in total. The van der Waals surface area contributed by atoms with Gasteiger partial charge in [0.2, 0.25) is 17.8 Å². The normalized spacial score (nSPS) is 23.4. The fraction of sp³-hybridized carbons (Fsp3) is 0.379. The van der Waals surface area contributed by atoms with Crippen LogP contribution in [0.4, 0.5) is 11.6 Å². The van der Waals surface area contributed by atoms with E-state index in [4.69, 9.17) is 23.2 Å². The van der Waals surface area contributed by atoms with E-state index in [9.17, 15) is 9.59 Å². The number of halogens is 2. The van der Waals surface area contributed by atoms with Gasteiger partial charge in [-0.05, 0) is 55.3 Å². The van der Waals surface area contributed by atoms with Crippen molar-refractivity contribution in [3.63, 3.8) is 0 Å². The molecular weight excluding hydrogens is 535 g/mol. The number of carbonyl (C=O) groups excluding carboxylic acids is 2. The maximum atomic E-state index is 13.9. The number of benzene rings is 2. The molecule has 39 heavy (non-hydrogen) atoms. The van der Waals surface area contributed by atoms with Crippen molar-refractivity contribution >= 4 is 46.7 Å². The van der Waals surface area contributed by atoms with E-state index < -0.39 is 5.54 Å². The summed E-state index contributed by atoms with van der Waals surface area (Å²) in [6.45, 7) is 3.88. The number of anilines is 2. The highest BCUT2D eigenvalue weighted by atomic mass is 35.5. The van der Waals surface area contributed by atoms with Gasteiger partial charge < -0.3 is 15.1 Å². The number of piperidine rings is 1. The fourth-order valence-electron chi connectivity index (χ4n) is 6.24. The fourth-order valence-corrected chi connectivity index (χ4v) is 6.62. The minimum atomic E-state index is -0.951. The highest BCUT2D eigenvalue weighted by Crippen LogP contribution is 2.45. The SMILES string of the molecule is O=C(C1CCCN(C2(Cc3cccc(Cl)c3)C(=O)Nc3cc(Cl)ccc32)C1)N1CCN(c2ncccn2)CC1. The minimum absolute atomic E-state index is 0.0932. The Morgan fingerprint density at radius 1 is 0.974 bits per heavy atom. The van der Waals surface area contributed by atoms with Crippen molar-refractivity contribution in [1.82, 2.24) is 19.8 Å². The molecule has 2 aromatic carbocycles. The van der Waals surface area contributed by atoms with Crippen LogP contribution in [0, 0.1) is 5.92 Å². The van der Waals surface area contributed by atoms with Crippen LogP contribution in [0.1, 0.15) is 24.0 Å². The lowest BCUT2D eigenvalue weighted by molar-refractivity contribution is -0.141. The van der Waals surface area contributed by atoms with E-state index >= 15 is 0 Å².